The monoisotopic (exact) mass is 608 g/mol. The third-order valence-corrected chi connectivity index (χ3v) is 12.4. The molecule has 0 bridgehead atoms. The van der Waals surface area contributed by atoms with Crippen LogP contribution in [0, 0.1) is 0 Å². The SMILES string of the molecule is CCC1=CCc2cccc3c2C1C1=C(c2c4c(c(-c5ccc6c(c5)sc5ccccc56)c5ccccc25)C=CCC4)CCC=C1C3. The van der Waals surface area contributed by atoms with Gasteiger partial charge in [0.2, 0.25) is 0 Å². The molecule has 0 aliphatic heterocycles. The average molecular weight is 609 g/mol. The van der Waals surface area contributed by atoms with Gasteiger partial charge in [-0.25, -0.2) is 0 Å². The lowest BCUT2D eigenvalue weighted by molar-refractivity contribution is 0.762. The molecule has 6 aromatic rings. The Kier molecular flexibility index (Phi) is 5.97. The molecule has 0 spiro atoms. The summed E-state index contributed by atoms with van der Waals surface area (Å²) in [5.74, 6) is 0.392. The zero-order chi connectivity index (χ0) is 30.4. The number of benzene rings is 5. The molecular weight excluding hydrogens is 573 g/mol. The van der Waals surface area contributed by atoms with E-state index in [4.69, 9.17) is 0 Å². The van der Waals surface area contributed by atoms with Gasteiger partial charge in [-0.3, -0.25) is 0 Å². The highest BCUT2D eigenvalue weighted by Gasteiger charge is 2.37. The Hall–Kier alpha value is -4.46. The largest absolute Gasteiger partial charge is 0.135 e. The van der Waals surface area contributed by atoms with E-state index in [-0.39, 0.29) is 0 Å². The summed E-state index contributed by atoms with van der Waals surface area (Å²) in [6.07, 6.45) is 17.7. The molecule has 0 nitrogen and oxygen atoms in total. The van der Waals surface area contributed by atoms with Gasteiger partial charge in [0.15, 0.2) is 0 Å². The molecule has 0 N–H and O–H groups in total. The lowest BCUT2D eigenvalue weighted by atomic mass is 9.64. The maximum atomic E-state index is 2.58. The van der Waals surface area contributed by atoms with Crippen molar-refractivity contribution in [1.29, 1.82) is 0 Å². The molecule has 1 aromatic heterocycles. The minimum absolute atomic E-state index is 0.392. The van der Waals surface area contributed by atoms with Crippen molar-refractivity contribution in [2.75, 3.05) is 0 Å². The second kappa shape index (κ2) is 10.3. The number of fused-ring (bicyclic) bond motifs is 7. The third kappa shape index (κ3) is 3.79. The maximum absolute atomic E-state index is 2.58. The van der Waals surface area contributed by atoms with Crippen LogP contribution >= 0.6 is 11.3 Å². The fourth-order valence-corrected chi connectivity index (χ4v) is 10.5. The van der Waals surface area contributed by atoms with Gasteiger partial charge >= 0.3 is 0 Å². The first-order valence-electron chi connectivity index (χ1n) is 17.2. The highest BCUT2D eigenvalue weighted by molar-refractivity contribution is 7.25. The lowest BCUT2D eigenvalue weighted by Crippen LogP contribution is -2.24. The number of rotatable bonds is 3. The molecule has 10 rings (SSSR count). The van der Waals surface area contributed by atoms with Crippen molar-refractivity contribution in [1.82, 2.24) is 0 Å². The van der Waals surface area contributed by atoms with Gasteiger partial charge in [0.05, 0.1) is 0 Å². The molecule has 0 saturated heterocycles. The molecule has 1 heteroatoms. The first kappa shape index (κ1) is 26.7. The summed E-state index contributed by atoms with van der Waals surface area (Å²) in [6, 6.07) is 32.5. The van der Waals surface area contributed by atoms with Gasteiger partial charge in [0.1, 0.15) is 0 Å². The van der Waals surface area contributed by atoms with Gasteiger partial charge in [-0.15, -0.1) is 11.3 Å². The molecule has 4 aliphatic rings. The van der Waals surface area contributed by atoms with E-state index < -0.39 is 0 Å². The van der Waals surface area contributed by atoms with Crippen LogP contribution in [-0.4, -0.2) is 0 Å². The number of hydrogen-bond acceptors (Lipinski definition) is 1. The maximum Gasteiger partial charge on any atom is 0.0361 e. The average Bonchev–Trinajstić information content (AvgIpc) is 3.48. The van der Waals surface area contributed by atoms with Crippen molar-refractivity contribution in [3.63, 3.8) is 0 Å². The van der Waals surface area contributed by atoms with E-state index in [1.165, 1.54) is 53.2 Å². The van der Waals surface area contributed by atoms with E-state index in [2.05, 4.69) is 116 Å². The Balaban J connectivity index is 1.27. The van der Waals surface area contributed by atoms with Crippen LogP contribution in [0.5, 0.6) is 0 Å². The molecule has 0 fully saturated rings. The van der Waals surface area contributed by atoms with E-state index in [1.54, 1.807) is 44.5 Å². The summed E-state index contributed by atoms with van der Waals surface area (Å²) in [6.45, 7) is 2.37. The van der Waals surface area contributed by atoms with E-state index in [0.29, 0.717) is 5.92 Å². The van der Waals surface area contributed by atoms with Gasteiger partial charge < -0.3 is 0 Å². The molecule has 4 aliphatic carbocycles. The Morgan fingerprint density at radius 3 is 2.41 bits per heavy atom. The van der Waals surface area contributed by atoms with Crippen LogP contribution < -0.4 is 0 Å². The zero-order valence-corrected chi connectivity index (χ0v) is 27.1. The van der Waals surface area contributed by atoms with Gasteiger partial charge in [-0.05, 0) is 129 Å². The predicted molar refractivity (Wildman–Crippen MR) is 199 cm³/mol. The van der Waals surface area contributed by atoms with Crippen molar-refractivity contribution in [3.05, 3.63) is 153 Å². The fourth-order valence-electron chi connectivity index (χ4n) is 9.33. The van der Waals surface area contributed by atoms with E-state index in [0.717, 1.165) is 44.9 Å². The molecular formula is C45H36S. The quantitative estimate of drug-likeness (QED) is 0.175. The first-order chi connectivity index (χ1) is 22.8. The van der Waals surface area contributed by atoms with Crippen LogP contribution in [0.25, 0.3) is 53.7 Å². The van der Waals surface area contributed by atoms with Crippen LogP contribution in [0.15, 0.2) is 120 Å². The molecule has 46 heavy (non-hydrogen) atoms. The van der Waals surface area contributed by atoms with Crippen molar-refractivity contribution in [2.24, 2.45) is 0 Å². The van der Waals surface area contributed by atoms with Gasteiger partial charge in [0.25, 0.3) is 0 Å². The Labute approximate surface area is 275 Å². The van der Waals surface area contributed by atoms with Gasteiger partial charge in [-0.1, -0.05) is 110 Å². The van der Waals surface area contributed by atoms with E-state index >= 15 is 0 Å². The first-order valence-corrected chi connectivity index (χ1v) is 18.0. The molecule has 222 valence electrons. The van der Waals surface area contributed by atoms with Crippen molar-refractivity contribution in [2.45, 2.75) is 57.8 Å². The highest BCUT2D eigenvalue weighted by Crippen LogP contribution is 2.55. The molecule has 1 unspecified atom stereocenters. The summed E-state index contributed by atoms with van der Waals surface area (Å²) < 4.78 is 2.74. The van der Waals surface area contributed by atoms with Crippen molar-refractivity contribution < 1.29 is 0 Å². The summed E-state index contributed by atoms with van der Waals surface area (Å²) in [4.78, 5) is 0. The lowest BCUT2D eigenvalue weighted by Gasteiger charge is -2.40. The molecule has 0 saturated carbocycles. The Morgan fingerprint density at radius 2 is 1.52 bits per heavy atom. The van der Waals surface area contributed by atoms with Crippen LogP contribution in [0.4, 0.5) is 0 Å². The Bertz CT molecular complexity index is 2400. The van der Waals surface area contributed by atoms with Crippen LogP contribution in [0.3, 0.4) is 0 Å². The molecule has 1 atom stereocenters. The summed E-state index contributed by atoms with van der Waals surface area (Å²) >= 11 is 1.92. The standard InChI is InChI=1S/C45H36S/c1-2-27-21-22-28-11-9-12-29-25-30-13-10-19-38(43(30)44(27)41(28)29)45-36-17-5-3-15-34(36)42(35-16-4-6-18-37(35)45)31-23-24-33-32-14-7-8-20-39(32)46-40(33)26-31/h3-5,7-9,11-17,20-21,23-24,26,44H,2,6,10,18-19,22,25H2,1H3. The Morgan fingerprint density at radius 1 is 0.717 bits per heavy atom. The predicted octanol–water partition coefficient (Wildman–Crippen LogP) is 12.5. The van der Waals surface area contributed by atoms with Crippen molar-refractivity contribution in [3.8, 4) is 11.1 Å². The second-order valence-corrected chi connectivity index (χ2v) is 14.6. The topological polar surface area (TPSA) is 0 Å². The molecule has 0 amide bonds. The minimum Gasteiger partial charge on any atom is -0.135 e. The normalized spacial score (nSPS) is 18.4. The van der Waals surface area contributed by atoms with E-state index in [9.17, 15) is 0 Å². The van der Waals surface area contributed by atoms with Gasteiger partial charge in [0, 0.05) is 26.1 Å². The minimum atomic E-state index is 0.392. The summed E-state index contributed by atoms with van der Waals surface area (Å²) in [7, 11) is 0. The van der Waals surface area contributed by atoms with E-state index in [1.807, 2.05) is 11.3 Å². The number of hydrogen-bond donors (Lipinski definition) is 0. The smallest absolute Gasteiger partial charge is 0.0361 e. The zero-order valence-electron chi connectivity index (χ0n) is 26.3. The van der Waals surface area contributed by atoms with Crippen LogP contribution in [-0.2, 0) is 19.3 Å². The van der Waals surface area contributed by atoms with Gasteiger partial charge in [-0.2, -0.15) is 0 Å². The van der Waals surface area contributed by atoms with Crippen molar-refractivity contribution >= 4 is 53.9 Å². The number of thiophene rings is 1. The molecule has 1 heterocycles. The highest BCUT2D eigenvalue weighted by atomic mass is 32.1. The molecule has 5 aromatic carbocycles. The summed E-state index contributed by atoms with van der Waals surface area (Å²) in [5, 5.41) is 5.56. The van der Waals surface area contributed by atoms with Crippen LogP contribution in [0.2, 0.25) is 0 Å². The second-order valence-electron chi connectivity index (χ2n) is 13.5. The molecule has 0 radical (unpaired) electrons. The fraction of sp³-hybridized carbons (Fsp3) is 0.200. The number of allylic oxidation sites excluding steroid dienone is 7. The third-order valence-electron chi connectivity index (χ3n) is 11.2. The van der Waals surface area contributed by atoms with Crippen LogP contribution in [0.1, 0.15) is 71.9 Å². The summed E-state index contributed by atoms with van der Waals surface area (Å²) in [5.41, 5.74) is 18.5.